The van der Waals surface area contributed by atoms with Gasteiger partial charge in [-0.25, -0.2) is 8.42 Å². The summed E-state index contributed by atoms with van der Waals surface area (Å²) in [6.07, 6.45) is 0.112. The van der Waals surface area contributed by atoms with E-state index in [1.54, 1.807) is 6.07 Å². The second-order valence-electron chi connectivity index (χ2n) is 5.10. The molecule has 1 N–H and O–H groups in total. The Morgan fingerprint density at radius 3 is 2.53 bits per heavy atom. The number of hydrogen-bond acceptors (Lipinski definition) is 4. The molecule has 0 bridgehead atoms. The van der Waals surface area contributed by atoms with Crippen LogP contribution >= 0.6 is 11.3 Å². The SMILES string of the molecule is CC(C)(C)CS(=O)(=O)NC(=O)Cc1cccs1. The van der Waals surface area contributed by atoms with Gasteiger partial charge in [0.05, 0.1) is 12.2 Å². The second-order valence-corrected chi connectivity index (χ2v) is 7.86. The monoisotopic (exact) mass is 275 g/mol. The molecule has 0 saturated carbocycles. The van der Waals surface area contributed by atoms with Crippen LogP contribution < -0.4 is 4.72 Å². The summed E-state index contributed by atoms with van der Waals surface area (Å²) < 4.78 is 25.4. The van der Waals surface area contributed by atoms with Gasteiger partial charge in [0.2, 0.25) is 15.9 Å². The van der Waals surface area contributed by atoms with E-state index in [4.69, 9.17) is 0 Å². The third-order valence-electron chi connectivity index (χ3n) is 1.81. The number of nitrogens with one attached hydrogen (secondary N) is 1. The van der Waals surface area contributed by atoms with Gasteiger partial charge in [-0.1, -0.05) is 26.8 Å². The standard InChI is InChI=1S/C11H17NO3S2/c1-11(2,3)8-17(14,15)12-10(13)7-9-5-4-6-16-9/h4-6H,7-8H2,1-3H3,(H,12,13). The number of sulfonamides is 1. The molecule has 0 aromatic carbocycles. The van der Waals surface area contributed by atoms with Crippen molar-refractivity contribution in [1.29, 1.82) is 0 Å². The number of amides is 1. The Morgan fingerprint density at radius 2 is 2.06 bits per heavy atom. The summed E-state index contributed by atoms with van der Waals surface area (Å²) in [5, 5.41) is 1.85. The topological polar surface area (TPSA) is 63.2 Å². The molecule has 96 valence electrons. The van der Waals surface area contributed by atoms with Crippen LogP contribution in [0.4, 0.5) is 0 Å². The van der Waals surface area contributed by atoms with Gasteiger partial charge in [0, 0.05) is 4.88 Å². The number of carbonyl (C=O) groups excluding carboxylic acids is 1. The molecule has 4 nitrogen and oxygen atoms in total. The molecule has 0 aliphatic rings. The number of hydrogen-bond donors (Lipinski definition) is 1. The Labute approximate surface area is 106 Å². The van der Waals surface area contributed by atoms with Crippen LogP contribution in [0, 0.1) is 5.41 Å². The van der Waals surface area contributed by atoms with Crippen LogP contribution in [0.5, 0.6) is 0 Å². The van der Waals surface area contributed by atoms with Crippen molar-refractivity contribution >= 4 is 27.3 Å². The van der Waals surface area contributed by atoms with Gasteiger partial charge in [0.1, 0.15) is 0 Å². The first-order chi connectivity index (χ1) is 7.68. The molecule has 0 aliphatic carbocycles. The van der Waals surface area contributed by atoms with Crippen molar-refractivity contribution in [2.45, 2.75) is 27.2 Å². The molecule has 1 rings (SSSR count). The lowest BCUT2D eigenvalue weighted by atomic mass is 10.0. The molecule has 1 aromatic rings. The number of thiophene rings is 1. The lowest BCUT2D eigenvalue weighted by Crippen LogP contribution is -2.37. The highest BCUT2D eigenvalue weighted by molar-refractivity contribution is 7.90. The van der Waals surface area contributed by atoms with Crippen LogP contribution in [0.15, 0.2) is 17.5 Å². The molecule has 0 radical (unpaired) electrons. The molecular weight excluding hydrogens is 258 g/mol. The van der Waals surface area contributed by atoms with Gasteiger partial charge in [-0.05, 0) is 16.9 Å². The number of rotatable bonds is 4. The zero-order chi connectivity index (χ0) is 13.1. The summed E-state index contributed by atoms with van der Waals surface area (Å²) in [7, 11) is -3.54. The van der Waals surface area contributed by atoms with Crippen LogP contribution in [0.2, 0.25) is 0 Å². The second kappa shape index (κ2) is 5.18. The maximum atomic E-state index is 11.7. The van der Waals surface area contributed by atoms with Crippen molar-refractivity contribution in [3.63, 3.8) is 0 Å². The Balaban J connectivity index is 2.57. The first-order valence-electron chi connectivity index (χ1n) is 5.24. The molecule has 1 aromatic heterocycles. The van der Waals surface area contributed by atoms with E-state index in [0.717, 1.165) is 4.88 Å². The van der Waals surface area contributed by atoms with E-state index >= 15 is 0 Å². The Bertz CT molecular complexity index is 469. The van der Waals surface area contributed by atoms with E-state index in [1.165, 1.54) is 11.3 Å². The van der Waals surface area contributed by atoms with Crippen molar-refractivity contribution in [1.82, 2.24) is 4.72 Å². The van der Waals surface area contributed by atoms with Crippen molar-refractivity contribution < 1.29 is 13.2 Å². The molecule has 0 fully saturated rings. The fourth-order valence-corrected chi connectivity index (χ4v) is 3.72. The molecule has 1 amide bonds. The van der Waals surface area contributed by atoms with Gasteiger partial charge in [0.15, 0.2) is 0 Å². The first-order valence-corrected chi connectivity index (χ1v) is 7.77. The maximum absolute atomic E-state index is 11.7. The molecule has 0 atom stereocenters. The van der Waals surface area contributed by atoms with Crippen LogP contribution in [-0.4, -0.2) is 20.1 Å². The summed E-state index contributed by atoms with van der Waals surface area (Å²) in [5.74, 6) is -0.535. The summed E-state index contributed by atoms with van der Waals surface area (Å²) >= 11 is 1.43. The predicted molar refractivity (Wildman–Crippen MR) is 69.4 cm³/mol. The summed E-state index contributed by atoms with van der Waals surface area (Å²) in [6.45, 7) is 5.45. The minimum Gasteiger partial charge on any atom is -0.274 e. The highest BCUT2D eigenvalue weighted by atomic mass is 32.2. The summed E-state index contributed by atoms with van der Waals surface area (Å²) in [4.78, 5) is 12.4. The maximum Gasteiger partial charge on any atom is 0.238 e. The summed E-state index contributed by atoms with van der Waals surface area (Å²) in [5.41, 5.74) is -0.366. The quantitative estimate of drug-likeness (QED) is 0.911. The first kappa shape index (κ1) is 14.2. The fourth-order valence-electron chi connectivity index (χ4n) is 1.39. The molecule has 0 spiro atoms. The third-order valence-corrected chi connectivity index (χ3v) is 4.47. The molecule has 1 heterocycles. The minimum atomic E-state index is -3.54. The lowest BCUT2D eigenvalue weighted by molar-refractivity contribution is -0.118. The van der Waals surface area contributed by atoms with Crippen LogP contribution in [0.1, 0.15) is 25.6 Å². The van der Waals surface area contributed by atoms with Crippen molar-refractivity contribution in [3.8, 4) is 0 Å². The Morgan fingerprint density at radius 1 is 1.41 bits per heavy atom. The molecule has 0 unspecified atom stereocenters. The van der Waals surface area contributed by atoms with E-state index in [9.17, 15) is 13.2 Å². The molecular formula is C11H17NO3S2. The molecule has 0 saturated heterocycles. The molecule has 6 heteroatoms. The van der Waals surface area contributed by atoms with Crippen molar-refractivity contribution in [2.24, 2.45) is 5.41 Å². The van der Waals surface area contributed by atoms with Crippen molar-refractivity contribution in [2.75, 3.05) is 5.75 Å². The van der Waals surface area contributed by atoms with Gasteiger partial charge >= 0.3 is 0 Å². The fraction of sp³-hybridized carbons (Fsp3) is 0.545. The average molecular weight is 275 g/mol. The molecule has 17 heavy (non-hydrogen) atoms. The number of carbonyl (C=O) groups is 1. The average Bonchev–Trinajstić information content (AvgIpc) is 2.49. The summed E-state index contributed by atoms with van der Waals surface area (Å²) in [6, 6.07) is 3.64. The lowest BCUT2D eigenvalue weighted by Gasteiger charge is -2.18. The van der Waals surface area contributed by atoms with Gasteiger partial charge in [-0.3, -0.25) is 9.52 Å². The zero-order valence-electron chi connectivity index (χ0n) is 10.2. The minimum absolute atomic E-state index is 0.0593. The van der Waals surface area contributed by atoms with Crippen molar-refractivity contribution in [3.05, 3.63) is 22.4 Å². The van der Waals surface area contributed by atoms with E-state index in [2.05, 4.69) is 4.72 Å². The van der Waals surface area contributed by atoms with E-state index < -0.39 is 15.9 Å². The van der Waals surface area contributed by atoms with E-state index in [-0.39, 0.29) is 17.6 Å². The largest absolute Gasteiger partial charge is 0.274 e. The van der Waals surface area contributed by atoms with Gasteiger partial charge < -0.3 is 0 Å². The third kappa shape index (κ3) is 5.83. The van der Waals surface area contributed by atoms with Crippen LogP contribution in [0.3, 0.4) is 0 Å². The zero-order valence-corrected chi connectivity index (χ0v) is 11.8. The van der Waals surface area contributed by atoms with E-state index in [0.29, 0.717) is 0 Å². The smallest absolute Gasteiger partial charge is 0.238 e. The van der Waals surface area contributed by atoms with Crippen LogP contribution in [0.25, 0.3) is 0 Å². The van der Waals surface area contributed by atoms with E-state index in [1.807, 2.05) is 32.2 Å². The van der Waals surface area contributed by atoms with Crippen LogP contribution in [-0.2, 0) is 21.2 Å². The predicted octanol–water partition coefficient (Wildman–Crippen LogP) is 1.78. The highest BCUT2D eigenvalue weighted by Gasteiger charge is 2.23. The molecule has 0 aliphatic heterocycles. The van der Waals surface area contributed by atoms with Gasteiger partial charge in [-0.15, -0.1) is 11.3 Å². The normalized spacial score (nSPS) is 12.4. The highest BCUT2D eigenvalue weighted by Crippen LogP contribution is 2.15. The van der Waals surface area contributed by atoms with Gasteiger partial charge in [0.25, 0.3) is 0 Å². The van der Waals surface area contributed by atoms with Gasteiger partial charge in [-0.2, -0.15) is 0 Å². The Hall–Kier alpha value is -0.880. The Kier molecular flexibility index (Phi) is 4.32.